The van der Waals surface area contributed by atoms with E-state index in [-0.39, 0.29) is 5.78 Å². The van der Waals surface area contributed by atoms with Crippen molar-refractivity contribution in [3.63, 3.8) is 0 Å². The number of carbonyl (C=O) groups is 1. The number of rotatable bonds is 6. The molecule has 0 saturated carbocycles. The predicted molar refractivity (Wildman–Crippen MR) is 117 cm³/mol. The van der Waals surface area contributed by atoms with E-state index in [1.807, 2.05) is 12.1 Å². The molecule has 4 rings (SSSR count). The van der Waals surface area contributed by atoms with Gasteiger partial charge in [0.05, 0.1) is 17.2 Å². The van der Waals surface area contributed by atoms with Gasteiger partial charge >= 0.3 is 0 Å². The van der Waals surface area contributed by atoms with E-state index in [1.165, 1.54) is 18.4 Å². The minimum atomic E-state index is -0.726. The second kappa shape index (κ2) is 8.65. The van der Waals surface area contributed by atoms with Crippen molar-refractivity contribution in [3.8, 4) is 5.75 Å². The van der Waals surface area contributed by atoms with Gasteiger partial charge in [-0.05, 0) is 73.3 Å². The van der Waals surface area contributed by atoms with Crippen LogP contribution in [0.2, 0.25) is 10.0 Å². The highest BCUT2D eigenvalue weighted by Crippen LogP contribution is 2.35. The van der Waals surface area contributed by atoms with Gasteiger partial charge < -0.3 is 9.64 Å². The molecule has 0 spiro atoms. The van der Waals surface area contributed by atoms with Crippen LogP contribution in [0.4, 0.5) is 0 Å². The zero-order chi connectivity index (χ0) is 20.4. The second-order valence-electron chi connectivity index (χ2n) is 7.94. The largest absolute Gasteiger partial charge is 0.497 e. The van der Waals surface area contributed by atoms with Crippen molar-refractivity contribution in [2.24, 2.45) is 0 Å². The van der Waals surface area contributed by atoms with Crippen LogP contribution in [0.25, 0.3) is 0 Å². The lowest BCUT2D eigenvalue weighted by molar-refractivity contribution is -0.126. The predicted octanol–water partition coefficient (Wildman–Crippen LogP) is 4.25. The number of benzene rings is 2. The molecule has 0 radical (unpaired) electrons. The van der Waals surface area contributed by atoms with Crippen LogP contribution < -0.4 is 10.1 Å². The first kappa shape index (κ1) is 20.7. The van der Waals surface area contributed by atoms with Crippen molar-refractivity contribution in [2.75, 3.05) is 33.3 Å². The van der Waals surface area contributed by atoms with Crippen LogP contribution >= 0.6 is 23.2 Å². The number of ether oxygens (including phenoxy) is 1. The molecule has 0 bridgehead atoms. The molecule has 2 aliphatic rings. The molecule has 0 aliphatic carbocycles. The molecule has 2 aromatic carbocycles. The number of ketones is 1. The standard InChI is InChI=1S/C23H26Cl2N2O2/c1-29-18-5-6-19-17(14-18)8-9-26-23(19,15-27-10-2-3-11-27)22(28)13-16-4-7-20(24)21(25)12-16/h4-7,12,14,26H,2-3,8-11,13,15H2,1H3. The fourth-order valence-corrected chi connectivity index (χ4v) is 4.89. The fraction of sp³-hybridized carbons (Fsp3) is 0.435. The van der Waals surface area contributed by atoms with Crippen LogP contribution in [0.5, 0.6) is 5.75 Å². The maximum atomic E-state index is 13.8. The third-order valence-electron chi connectivity index (χ3n) is 6.08. The first-order chi connectivity index (χ1) is 14.0. The summed E-state index contributed by atoms with van der Waals surface area (Å²) in [5, 5.41) is 4.59. The molecule has 1 fully saturated rings. The van der Waals surface area contributed by atoms with Gasteiger partial charge in [0.15, 0.2) is 5.78 Å². The van der Waals surface area contributed by atoms with E-state index in [0.29, 0.717) is 23.0 Å². The molecule has 1 N–H and O–H groups in total. The van der Waals surface area contributed by atoms with Gasteiger partial charge in [-0.3, -0.25) is 10.1 Å². The van der Waals surface area contributed by atoms with Crippen molar-refractivity contribution >= 4 is 29.0 Å². The average molecular weight is 433 g/mol. The zero-order valence-electron chi connectivity index (χ0n) is 16.6. The molecule has 6 heteroatoms. The quantitative estimate of drug-likeness (QED) is 0.740. The number of nitrogens with zero attached hydrogens (tertiary/aromatic N) is 1. The summed E-state index contributed by atoms with van der Waals surface area (Å²) in [6.45, 7) is 3.53. The van der Waals surface area contributed by atoms with Gasteiger partial charge in [-0.1, -0.05) is 35.3 Å². The Morgan fingerprint density at radius 3 is 2.66 bits per heavy atom. The number of hydrogen-bond donors (Lipinski definition) is 1. The second-order valence-corrected chi connectivity index (χ2v) is 8.75. The summed E-state index contributed by atoms with van der Waals surface area (Å²) in [6.07, 6.45) is 3.57. The molecule has 4 nitrogen and oxygen atoms in total. The Morgan fingerprint density at radius 2 is 1.93 bits per heavy atom. The summed E-state index contributed by atoms with van der Waals surface area (Å²) < 4.78 is 5.42. The lowest BCUT2D eigenvalue weighted by Gasteiger charge is -2.41. The minimum Gasteiger partial charge on any atom is -0.497 e. The highest BCUT2D eigenvalue weighted by atomic mass is 35.5. The van der Waals surface area contributed by atoms with Gasteiger partial charge in [0.1, 0.15) is 11.3 Å². The normalized spacial score (nSPS) is 21.8. The Labute approximate surface area is 182 Å². The molecule has 2 aromatic rings. The van der Waals surface area contributed by atoms with Crippen molar-refractivity contribution in [3.05, 3.63) is 63.1 Å². The molecule has 0 aromatic heterocycles. The summed E-state index contributed by atoms with van der Waals surface area (Å²) in [5.41, 5.74) is 2.41. The van der Waals surface area contributed by atoms with Crippen LogP contribution in [0, 0.1) is 0 Å². The summed E-state index contributed by atoms with van der Waals surface area (Å²) >= 11 is 12.2. The average Bonchev–Trinajstić information content (AvgIpc) is 3.23. The van der Waals surface area contributed by atoms with Crippen molar-refractivity contribution in [1.82, 2.24) is 10.2 Å². The van der Waals surface area contributed by atoms with Crippen LogP contribution in [-0.2, 0) is 23.2 Å². The Hall–Kier alpha value is -1.59. The number of halogens is 2. The van der Waals surface area contributed by atoms with E-state index in [0.717, 1.165) is 42.9 Å². The van der Waals surface area contributed by atoms with Gasteiger partial charge in [-0.25, -0.2) is 0 Å². The molecule has 2 heterocycles. The van der Waals surface area contributed by atoms with Crippen molar-refractivity contribution < 1.29 is 9.53 Å². The molecule has 1 saturated heterocycles. The summed E-state index contributed by atoms with van der Waals surface area (Å²) in [6, 6.07) is 11.5. The number of carbonyl (C=O) groups excluding carboxylic acids is 1. The molecule has 1 unspecified atom stereocenters. The maximum absolute atomic E-state index is 13.8. The van der Waals surface area contributed by atoms with Gasteiger partial charge in [-0.15, -0.1) is 0 Å². The van der Waals surface area contributed by atoms with E-state index >= 15 is 0 Å². The number of fused-ring (bicyclic) bond motifs is 1. The smallest absolute Gasteiger partial charge is 0.163 e. The third-order valence-corrected chi connectivity index (χ3v) is 6.82. The third kappa shape index (κ3) is 4.17. The molecular weight excluding hydrogens is 407 g/mol. The van der Waals surface area contributed by atoms with Crippen LogP contribution in [0.3, 0.4) is 0 Å². The Bertz CT molecular complexity index is 912. The van der Waals surface area contributed by atoms with Crippen molar-refractivity contribution in [2.45, 2.75) is 31.2 Å². The fourth-order valence-electron chi connectivity index (χ4n) is 4.57. The van der Waals surface area contributed by atoms with Gasteiger partial charge in [0.25, 0.3) is 0 Å². The molecule has 2 aliphatic heterocycles. The lowest BCUT2D eigenvalue weighted by atomic mass is 9.77. The lowest BCUT2D eigenvalue weighted by Crippen LogP contribution is -2.59. The van der Waals surface area contributed by atoms with E-state index in [1.54, 1.807) is 19.2 Å². The van der Waals surface area contributed by atoms with Crippen LogP contribution in [0.15, 0.2) is 36.4 Å². The number of nitrogens with one attached hydrogen (secondary N) is 1. The summed E-state index contributed by atoms with van der Waals surface area (Å²) in [4.78, 5) is 16.2. The van der Waals surface area contributed by atoms with Gasteiger partial charge in [0, 0.05) is 19.5 Å². The number of likely N-dealkylation sites (tertiary alicyclic amines) is 1. The maximum Gasteiger partial charge on any atom is 0.163 e. The Kier molecular flexibility index (Phi) is 6.16. The van der Waals surface area contributed by atoms with Crippen molar-refractivity contribution in [1.29, 1.82) is 0 Å². The molecule has 154 valence electrons. The van der Waals surface area contributed by atoms with E-state index in [4.69, 9.17) is 27.9 Å². The van der Waals surface area contributed by atoms with Crippen LogP contribution in [-0.4, -0.2) is 44.0 Å². The summed E-state index contributed by atoms with van der Waals surface area (Å²) in [5.74, 6) is 0.992. The molecule has 29 heavy (non-hydrogen) atoms. The minimum absolute atomic E-state index is 0.161. The Balaban J connectivity index is 1.71. The Morgan fingerprint density at radius 1 is 1.14 bits per heavy atom. The van der Waals surface area contributed by atoms with Gasteiger partial charge in [0.2, 0.25) is 0 Å². The molecule has 0 amide bonds. The molecule has 1 atom stereocenters. The van der Waals surface area contributed by atoms with Gasteiger partial charge in [-0.2, -0.15) is 0 Å². The zero-order valence-corrected chi connectivity index (χ0v) is 18.2. The van der Waals surface area contributed by atoms with E-state index in [9.17, 15) is 4.79 Å². The first-order valence-electron chi connectivity index (χ1n) is 10.1. The highest BCUT2D eigenvalue weighted by Gasteiger charge is 2.44. The molecular formula is C23H26Cl2N2O2. The number of Topliss-reactive ketones (excluding diaryl/α,β-unsaturated/α-hetero) is 1. The SMILES string of the molecule is COc1ccc2c(c1)CCNC2(CN1CCCC1)C(=O)Cc1ccc(Cl)c(Cl)c1. The van der Waals surface area contributed by atoms with E-state index in [2.05, 4.69) is 22.3 Å². The topological polar surface area (TPSA) is 41.6 Å². The van der Waals surface area contributed by atoms with Crippen LogP contribution in [0.1, 0.15) is 29.5 Å². The first-order valence-corrected chi connectivity index (χ1v) is 10.9. The highest BCUT2D eigenvalue weighted by molar-refractivity contribution is 6.42. The number of methoxy groups -OCH3 is 1. The number of hydrogen-bond acceptors (Lipinski definition) is 4. The van der Waals surface area contributed by atoms with E-state index < -0.39 is 5.54 Å². The summed E-state index contributed by atoms with van der Waals surface area (Å²) in [7, 11) is 1.68. The monoisotopic (exact) mass is 432 g/mol.